The summed E-state index contributed by atoms with van der Waals surface area (Å²) in [4.78, 5) is 15.4. The molecular weight excluding hydrogens is 312 g/mol. The molecule has 2 N–H and O–H groups in total. The van der Waals surface area contributed by atoms with Crippen molar-refractivity contribution in [2.45, 2.75) is 6.92 Å². The second-order valence-corrected chi connectivity index (χ2v) is 8.48. The molecule has 21 heavy (non-hydrogen) atoms. The minimum Gasteiger partial charge on any atom is -0.397 e. The maximum Gasteiger partial charge on any atom is 0.266 e. The van der Waals surface area contributed by atoms with Crippen molar-refractivity contribution >= 4 is 43.0 Å². The van der Waals surface area contributed by atoms with Crippen molar-refractivity contribution in [3.05, 3.63) is 10.6 Å². The van der Waals surface area contributed by atoms with E-state index >= 15 is 0 Å². The van der Waals surface area contributed by atoms with Crippen molar-refractivity contribution in [1.29, 1.82) is 0 Å². The second-order valence-electron chi connectivity index (χ2n) is 5.18. The highest BCUT2D eigenvalue weighted by Gasteiger charge is 2.29. The number of carbonyl (C=O) groups is 1. The van der Waals surface area contributed by atoms with Gasteiger partial charge < -0.3 is 10.6 Å². The number of aryl methyl sites for hydroxylation is 2. The number of hydrogen-bond donors (Lipinski definition) is 1. The van der Waals surface area contributed by atoms with E-state index in [4.69, 9.17) is 5.73 Å². The van der Waals surface area contributed by atoms with Gasteiger partial charge in [-0.15, -0.1) is 11.3 Å². The van der Waals surface area contributed by atoms with Gasteiger partial charge in [0.15, 0.2) is 9.84 Å². The van der Waals surface area contributed by atoms with E-state index in [-0.39, 0.29) is 30.5 Å². The van der Waals surface area contributed by atoms with Crippen molar-refractivity contribution < 1.29 is 13.2 Å². The van der Waals surface area contributed by atoms with E-state index in [0.29, 0.717) is 10.6 Å². The molecule has 1 aliphatic rings. The van der Waals surface area contributed by atoms with E-state index in [1.807, 2.05) is 14.0 Å². The fourth-order valence-corrected chi connectivity index (χ4v) is 4.90. The number of aromatic nitrogens is 2. The van der Waals surface area contributed by atoms with Gasteiger partial charge in [-0.05, 0) is 6.92 Å². The van der Waals surface area contributed by atoms with Crippen LogP contribution in [0.5, 0.6) is 0 Å². The van der Waals surface area contributed by atoms with Crippen LogP contribution in [-0.2, 0) is 16.9 Å². The first-order valence-corrected chi connectivity index (χ1v) is 9.15. The van der Waals surface area contributed by atoms with Crippen LogP contribution >= 0.6 is 11.3 Å². The average Bonchev–Trinajstić information content (AvgIpc) is 2.88. The van der Waals surface area contributed by atoms with Crippen LogP contribution in [-0.4, -0.2) is 53.6 Å². The Morgan fingerprint density at radius 2 is 1.95 bits per heavy atom. The summed E-state index contributed by atoms with van der Waals surface area (Å²) in [6, 6.07) is 0. The Morgan fingerprint density at radius 1 is 1.33 bits per heavy atom. The topological polar surface area (TPSA) is 98.3 Å². The maximum atomic E-state index is 12.6. The number of sulfone groups is 1. The zero-order valence-corrected chi connectivity index (χ0v) is 13.4. The lowest BCUT2D eigenvalue weighted by atomic mass is 10.2. The van der Waals surface area contributed by atoms with Gasteiger partial charge in [0.1, 0.15) is 9.71 Å². The number of amides is 1. The molecule has 2 aromatic rings. The quantitative estimate of drug-likeness (QED) is 0.817. The first-order valence-electron chi connectivity index (χ1n) is 6.51. The van der Waals surface area contributed by atoms with Crippen LogP contribution in [0.15, 0.2) is 0 Å². The summed E-state index contributed by atoms with van der Waals surface area (Å²) in [7, 11) is -1.19. The van der Waals surface area contributed by atoms with Crippen molar-refractivity contribution in [3.63, 3.8) is 0 Å². The number of anilines is 1. The fraction of sp³-hybridized carbons (Fsp3) is 0.500. The molecule has 2 aromatic heterocycles. The van der Waals surface area contributed by atoms with E-state index in [9.17, 15) is 13.2 Å². The van der Waals surface area contributed by atoms with Crippen molar-refractivity contribution in [2.24, 2.45) is 7.05 Å². The predicted molar refractivity (Wildman–Crippen MR) is 82.3 cm³/mol. The van der Waals surface area contributed by atoms with Gasteiger partial charge >= 0.3 is 0 Å². The summed E-state index contributed by atoms with van der Waals surface area (Å²) < 4.78 is 24.6. The third-order valence-corrected chi connectivity index (χ3v) is 6.58. The molecule has 1 amide bonds. The van der Waals surface area contributed by atoms with Crippen molar-refractivity contribution in [2.75, 3.05) is 30.3 Å². The van der Waals surface area contributed by atoms with E-state index < -0.39 is 9.84 Å². The Morgan fingerprint density at radius 3 is 2.52 bits per heavy atom. The SMILES string of the molecule is Cc1nn(C)c2sc(C(=O)N3CCS(=O)(=O)CC3)c(N)c12. The number of carbonyl (C=O) groups excluding carboxylic acids is 1. The molecule has 9 heteroatoms. The van der Waals surface area contributed by atoms with Crippen LogP contribution in [0.25, 0.3) is 10.2 Å². The van der Waals surface area contributed by atoms with E-state index in [1.54, 1.807) is 9.58 Å². The first-order chi connectivity index (χ1) is 9.80. The van der Waals surface area contributed by atoms with Gasteiger partial charge in [-0.2, -0.15) is 5.10 Å². The molecule has 1 saturated heterocycles. The summed E-state index contributed by atoms with van der Waals surface area (Å²) in [6.45, 7) is 2.31. The van der Waals surface area contributed by atoms with Gasteiger partial charge in [-0.3, -0.25) is 9.48 Å². The van der Waals surface area contributed by atoms with E-state index in [2.05, 4.69) is 5.10 Å². The van der Waals surface area contributed by atoms with Crippen molar-refractivity contribution in [3.8, 4) is 0 Å². The summed E-state index contributed by atoms with van der Waals surface area (Å²) in [5, 5.41) is 5.10. The Bertz CT molecular complexity index is 820. The van der Waals surface area contributed by atoms with Crippen LogP contribution in [0.1, 0.15) is 15.4 Å². The molecule has 0 spiro atoms. The third-order valence-electron chi connectivity index (χ3n) is 3.71. The highest BCUT2D eigenvalue weighted by Crippen LogP contribution is 2.36. The summed E-state index contributed by atoms with van der Waals surface area (Å²) in [5.74, 6) is -0.156. The van der Waals surface area contributed by atoms with Gasteiger partial charge in [-0.25, -0.2) is 8.42 Å². The number of nitrogens with two attached hydrogens (primary N) is 1. The fourth-order valence-electron chi connectivity index (χ4n) is 2.55. The highest BCUT2D eigenvalue weighted by atomic mass is 32.2. The average molecular weight is 328 g/mol. The summed E-state index contributed by atoms with van der Waals surface area (Å²) >= 11 is 1.31. The Hall–Kier alpha value is -1.61. The van der Waals surface area contributed by atoms with Gasteiger partial charge in [0.05, 0.1) is 28.3 Å². The number of nitrogen functional groups attached to an aromatic ring is 1. The number of thiophene rings is 1. The molecule has 0 unspecified atom stereocenters. The van der Waals surface area contributed by atoms with Gasteiger partial charge in [0.25, 0.3) is 5.91 Å². The molecule has 3 rings (SSSR count). The molecule has 0 atom stereocenters. The lowest BCUT2D eigenvalue weighted by Gasteiger charge is -2.26. The number of hydrogen-bond acceptors (Lipinski definition) is 6. The number of nitrogens with zero attached hydrogens (tertiary/aromatic N) is 3. The molecule has 0 aliphatic carbocycles. The minimum atomic E-state index is -3.00. The van der Waals surface area contributed by atoms with Crippen LogP contribution < -0.4 is 5.73 Å². The van der Waals surface area contributed by atoms with Crippen LogP contribution in [0.3, 0.4) is 0 Å². The van der Waals surface area contributed by atoms with Crippen molar-refractivity contribution in [1.82, 2.24) is 14.7 Å². The summed E-state index contributed by atoms with van der Waals surface area (Å²) in [5.41, 5.74) is 7.34. The Labute approximate surface area is 126 Å². The standard InChI is InChI=1S/C12H16N4O3S2/c1-7-8-9(13)10(20-12(8)15(2)14-7)11(17)16-3-5-21(18,19)6-4-16/h3-6,13H2,1-2H3. The van der Waals surface area contributed by atoms with Crippen LogP contribution in [0, 0.1) is 6.92 Å². The second kappa shape index (κ2) is 4.70. The largest absolute Gasteiger partial charge is 0.397 e. The molecular formula is C12H16N4O3S2. The smallest absolute Gasteiger partial charge is 0.266 e. The normalized spacial score (nSPS) is 18.3. The highest BCUT2D eigenvalue weighted by molar-refractivity contribution is 7.91. The Balaban J connectivity index is 1.96. The molecule has 1 aliphatic heterocycles. The van der Waals surface area contributed by atoms with E-state index in [1.165, 1.54) is 11.3 Å². The minimum absolute atomic E-state index is 0.0180. The third kappa shape index (κ3) is 2.30. The maximum absolute atomic E-state index is 12.6. The lowest BCUT2D eigenvalue weighted by Crippen LogP contribution is -2.43. The van der Waals surface area contributed by atoms with Gasteiger partial charge in [-0.1, -0.05) is 0 Å². The molecule has 3 heterocycles. The molecule has 0 aromatic carbocycles. The van der Waals surface area contributed by atoms with Crippen LogP contribution in [0.4, 0.5) is 5.69 Å². The Kier molecular flexibility index (Phi) is 3.21. The van der Waals surface area contributed by atoms with E-state index in [0.717, 1.165) is 15.9 Å². The zero-order chi connectivity index (χ0) is 15.4. The summed E-state index contributed by atoms with van der Waals surface area (Å²) in [6.07, 6.45) is 0. The zero-order valence-electron chi connectivity index (χ0n) is 11.8. The molecule has 1 fully saturated rings. The predicted octanol–water partition coefficient (Wildman–Crippen LogP) is 0.396. The number of fused-ring (bicyclic) bond motifs is 1. The molecule has 0 saturated carbocycles. The first kappa shape index (κ1) is 14.3. The lowest BCUT2D eigenvalue weighted by molar-refractivity contribution is 0.0776. The number of rotatable bonds is 1. The van der Waals surface area contributed by atoms with Gasteiger partial charge in [0, 0.05) is 20.1 Å². The molecule has 114 valence electrons. The monoisotopic (exact) mass is 328 g/mol. The molecule has 0 bridgehead atoms. The molecule has 7 nitrogen and oxygen atoms in total. The van der Waals surface area contributed by atoms with Gasteiger partial charge in [0.2, 0.25) is 0 Å². The van der Waals surface area contributed by atoms with Crippen LogP contribution in [0.2, 0.25) is 0 Å². The molecule has 0 radical (unpaired) electrons.